The molecule has 3 rings (SSSR count). The molecule has 2 aromatic heterocycles. The normalized spacial score (nSPS) is 20.6. The quantitative estimate of drug-likeness (QED) is 0.918. The van der Waals surface area contributed by atoms with Gasteiger partial charge in [0.1, 0.15) is 0 Å². The molecule has 0 unspecified atom stereocenters. The summed E-state index contributed by atoms with van der Waals surface area (Å²) >= 11 is 0. The van der Waals surface area contributed by atoms with Gasteiger partial charge in [-0.25, -0.2) is 0 Å². The van der Waals surface area contributed by atoms with E-state index in [2.05, 4.69) is 38.3 Å². The van der Waals surface area contributed by atoms with Gasteiger partial charge in [0.2, 0.25) is 0 Å². The Labute approximate surface area is 113 Å². The maximum absolute atomic E-state index is 4.62. The number of hydrogen-bond donors (Lipinski definition) is 1. The maximum atomic E-state index is 4.62. The average Bonchev–Trinajstić information content (AvgIpc) is 2.93. The van der Waals surface area contributed by atoms with Crippen LogP contribution in [0.25, 0.3) is 0 Å². The molecule has 0 amide bonds. The van der Waals surface area contributed by atoms with Crippen LogP contribution in [0.2, 0.25) is 0 Å². The minimum absolute atomic E-state index is 0.457. The second kappa shape index (κ2) is 5.53. The van der Waals surface area contributed by atoms with Crippen molar-refractivity contribution in [1.29, 1.82) is 0 Å². The van der Waals surface area contributed by atoms with E-state index in [1.807, 2.05) is 19.2 Å². The first-order valence-electron chi connectivity index (χ1n) is 6.99. The molecule has 0 aromatic carbocycles. The summed E-state index contributed by atoms with van der Waals surface area (Å²) in [6.45, 7) is 4.11. The Kier molecular flexibility index (Phi) is 3.60. The molecule has 1 atom stereocenters. The van der Waals surface area contributed by atoms with Crippen LogP contribution >= 0.6 is 0 Å². The predicted octanol–water partition coefficient (Wildman–Crippen LogP) is 2.84. The van der Waals surface area contributed by atoms with Crippen molar-refractivity contribution < 1.29 is 0 Å². The van der Waals surface area contributed by atoms with Crippen LogP contribution in [0.3, 0.4) is 0 Å². The van der Waals surface area contributed by atoms with Gasteiger partial charge >= 0.3 is 0 Å². The number of pyridine rings is 1. The van der Waals surface area contributed by atoms with Crippen LogP contribution < -0.4 is 0 Å². The lowest BCUT2D eigenvalue weighted by Gasteiger charge is -2.34. The van der Waals surface area contributed by atoms with Crippen molar-refractivity contribution >= 4 is 0 Å². The van der Waals surface area contributed by atoms with Crippen LogP contribution in [0, 0.1) is 6.92 Å². The summed E-state index contributed by atoms with van der Waals surface area (Å²) in [5, 5.41) is 7.21. The number of aryl methyl sites for hydroxylation is 1. The molecular weight excluding hydrogens is 236 g/mol. The minimum atomic E-state index is 0.457. The molecule has 0 radical (unpaired) electrons. The molecule has 1 aliphatic heterocycles. The lowest BCUT2D eigenvalue weighted by atomic mass is 9.99. The maximum Gasteiger partial charge on any atom is 0.0547 e. The summed E-state index contributed by atoms with van der Waals surface area (Å²) in [5.41, 5.74) is 3.48. The summed E-state index contributed by atoms with van der Waals surface area (Å²) in [4.78, 5) is 7.13. The summed E-state index contributed by atoms with van der Waals surface area (Å²) in [5.74, 6) is 0. The number of likely N-dealkylation sites (tertiary alicyclic amines) is 1. The molecule has 4 nitrogen and oxygen atoms in total. The van der Waals surface area contributed by atoms with Crippen molar-refractivity contribution in [2.45, 2.75) is 38.8 Å². The van der Waals surface area contributed by atoms with Gasteiger partial charge in [0.25, 0.3) is 0 Å². The number of H-pyrrole nitrogens is 1. The fourth-order valence-electron chi connectivity index (χ4n) is 2.88. The lowest BCUT2D eigenvalue weighted by Crippen LogP contribution is -2.33. The highest BCUT2D eigenvalue weighted by atomic mass is 15.2. The van der Waals surface area contributed by atoms with Gasteiger partial charge in [-0.1, -0.05) is 12.5 Å². The second-order valence-corrected chi connectivity index (χ2v) is 5.26. The van der Waals surface area contributed by atoms with Crippen LogP contribution in [0.4, 0.5) is 0 Å². The molecule has 19 heavy (non-hydrogen) atoms. The summed E-state index contributed by atoms with van der Waals surface area (Å²) in [6, 6.07) is 8.80. The molecule has 100 valence electrons. The fraction of sp³-hybridized carbons (Fsp3) is 0.467. The van der Waals surface area contributed by atoms with Crippen LogP contribution in [-0.4, -0.2) is 26.6 Å². The Balaban J connectivity index is 1.77. The molecule has 0 aliphatic carbocycles. The number of rotatable bonds is 3. The highest BCUT2D eigenvalue weighted by Crippen LogP contribution is 2.30. The van der Waals surface area contributed by atoms with Crippen LogP contribution in [-0.2, 0) is 6.54 Å². The van der Waals surface area contributed by atoms with E-state index in [9.17, 15) is 0 Å². The second-order valence-electron chi connectivity index (χ2n) is 5.26. The van der Waals surface area contributed by atoms with Gasteiger partial charge in [-0.2, -0.15) is 5.10 Å². The highest BCUT2D eigenvalue weighted by Gasteiger charge is 2.25. The van der Waals surface area contributed by atoms with Crippen LogP contribution in [0.5, 0.6) is 0 Å². The molecule has 1 aliphatic rings. The molecule has 1 N–H and O–H groups in total. The van der Waals surface area contributed by atoms with E-state index < -0.39 is 0 Å². The van der Waals surface area contributed by atoms with Crippen molar-refractivity contribution in [3.05, 3.63) is 47.5 Å². The Morgan fingerprint density at radius 2 is 2.26 bits per heavy atom. The van der Waals surface area contributed by atoms with E-state index in [4.69, 9.17) is 0 Å². The summed E-state index contributed by atoms with van der Waals surface area (Å²) < 4.78 is 0. The number of nitrogens with zero attached hydrogens (tertiary/aromatic N) is 3. The van der Waals surface area contributed by atoms with Gasteiger partial charge in [0.05, 0.1) is 17.4 Å². The Morgan fingerprint density at radius 1 is 1.32 bits per heavy atom. The van der Waals surface area contributed by atoms with E-state index in [0.717, 1.165) is 24.5 Å². The third kappa shape index (κ3) is 2.84. The van der Waals surface area contributed by atoms with Gasteiger partial charge in [0.15, 0.2) is 0 Å². The van der Waals surface area contributed by atoms with Gasteiger partial charge < -0.3 is 0 Å². The van der Waals surface area contributed by atoms with Crippen molar-refractivity contribution in [2.75, 3.05) is 6.54 Å². The molecule has 0 saturated carbocycles. The molecule has 1 saturated heterocycles. The molecule has 4 heteroatoms. The molecular formula is C15H20N4. The monoisotopic (exact) mass is 256 g/mol. The number of hydrogen-bond acceptors (Lipinski definition) is 3. The van der Waals surface area contributed by atoms with Crippen molar-refractivity contribution in [2.24, 2.45) is 0 Å². The Bertz CT molecular complexity index is 521. The predicted molar refractivity (Wildman–Crippen MR) is 74.6 cm³/mol. The van der Waals surface area contributed by atoms with E-state index in [0.29, 0.717) is 6.04 Å². The summed E-state index contributed by atoms with van der Waals surface area (Å²) in [6.07, 6.45) is 5.61. The first-order valence-corrected chi connectivity index (χ1v) is 6.99. The first-order chi connectivity index (χ1) is 9.33. The smallest absolute Gasteiger partial charge is 0.0547 e. The topological polar surface area (TPSA) is 44.8 Å². The number of aromatic amines is 1. The zero-order chi connectivity index (χ0) is 13.1. The van der Waals surface area contributed by atoms with Crippen molar-refractivity contribution in [3.63, 3.8) is 0 Å². The molecule has 3 heterocycles. The molecule has 0 bridgehead atoms. The molecule has 0 spiro atoms. The van der Waals surface area contributed by atoms with Gasteiger partial charge in [-0.05, 0) is 44.5 Å². The average molecular weight is 256 g/mol. The van der Waals surface area contributed by atoms with E-state index >= 15 is 0 Å². The Hall–Kier alpha value is -1.68. The van der Waals surface area contributed by atoms with Gasteiger partial charge in [-0.3, -0.25) is 15.0 Å². The Morgan fingerprint density at radius 3 is 3.05 bits per heavy atom. The minimum Gasteiger partial charge on any atom is -0.289 e. The largest absolute Gasteiger partial charge is 0.289 e. The van der Waals surface area contributed by atoms with Crippen LogP contribution in [0.15, 0.2) is 30.5 Å². The SMILES string of the molecule is Cc1cccc(CN2CCCC[C@@H]2c2ccn[nH]2)n1. The van der Waals surface area contributed by atoms with Crippen molar-refractivity contribution in [3.8, 4) is 0 Å². The van der Waals surface area contributed by atoms with Gasteiger partial charge in [0, 0.05) is 18.4 Å². The standard InChI is InChI=1S/C15H20N4/c1-12-5-4-6-13(17-12)11-19-10-3-2-7-15(19)14-8-9-16-18-14/h4-6,8-9,15H,2-3,7,10-11H2,1H3,(H,16,18)/t15-/m1/s1. The number of piperidine rings is 1. The molecule has 2 aromatic rings. The number of nitrogens with one attached hydrogen (secondary N) is 1. The first kappa shape index (κ1) is 12.4. The number of aromatic nitrogens is 3. The van der Waals surface area contributed by atoms with E-state index in [-0.39, 0.29) is 0 Å². The highest BCUT2D eigenvalue weighted by molar-refractivity contribution is 5.12. The molecule has 1 fully saturated rings. The third-order valence-electron chi connectivity index (χ3n) is 3.81. The lowest BCUT2D eigenvalue weighted by molar-refractivity contribution is 0.135. The zero-order valence-electron chi connectivity index (χ0n) is 11.3. The summed E-state index contributed by atoms with van der Waals surface area (Å²) in [7, 11) is 0. The third-order valence-corrected chi connectivity index (χ3v) is 3.81. The zero-order valence-corrected chi connectivity index (χ0v) is 11.3. The van der Waals surface area contributed by atoms with Gasteiger partial charge in [-0.15, -0.1) is 0 Å². The van der Waals surface area contributed by atoms with Crippen LogP contribution in [0.1, 0.15) is 42.4 Å². The fourth-order valence-corrected chi connectivity index (χ4v) is 2.88. The van der Waals surface area contributed by atoms with E-state index in [1.165, 1.54) is 25.0 Å². The van der Waals surface area contributed by atoms with Crippen molar-refractivity contribution in [1.82, 2.24) is 20.1 Å². The van der Waals surface area contributed by atoms with E-state index in [1.54, 1.807) is 0 Å².